The molecule has 1 aliphatic rings. The van der Waals surface area contributed by atoms with Crippen molar-refractivity contribution >= 4 is 22.4 Å². The number of carbonyl (C=O) groups is 1. The Morgan fingerprint density at radius 2 is 2.00 bits per heavy atom. The van der Waals surface area contributed by atoms with Crippen molar-refractivity contribution in [2.75, 3.05) is 18.8 Å². The largest absolute Gasteiger partial charge is 0.398 e. The standard InChI is InChI=1S/C14H20N2O2S/c1-10-5-6-12(15)13(9-10)19(18)11(2)14(17)16-7-3-4-8-16/h5-6,9,11H,3-4,7-8,15H2,1-2H3. The van der Waals surface area contributed by atoms with Crippen LogP contribution in [-0.4, -0.2) is 33.4 Å². The molecule has 2 atom stereocenters. The summed E-state index contributed by atoms with van der Waals surface area (Å²) in [5.74, 6) is -0.0308. The summed E-state index contributed by atoms with van der Waals surface area (Å²) in [6.07, 6.45) is 2.08. The molecule has 2 unspecified atom stereocenters. The second kappa shape index (κ2) is 5.74. The molecule has 1 heterocycles. The van der Waals surface area contributed by atoms with E-state index in [0.717, 1.165) is 31.5 Å². The van der Waals surface area contributed by atoms with Crippen LogP contribution in [0.3, 0.4) is 0 Å². The summed E-state index contributed by atoms with van der Waals surface area (Å²) in [5, 5.41) is -0.540. The fourth-order valence-corrected chi connectivity index (χ4v) is 3.61. The summed E-state index contributed by atoms with van der Waals surface area (Å²) in [5.41, 5.74) is 7.35. The van der Waals surface area contributed by atoms with Crippen molar-refractivity contribution in [3.8, 4) is 0 Å². The summed E-state index contributed by atoms with van der Waals surface area (Å²) < 4.78 is 12.5. The molecule has 1 aliphatic heterocycles. The third-order valence-electron chi connectivity index (χ3n) is 3.47. The Balaban J connectivity index is 2.18. The molecular weight excluding hydrogens is 260 g/mol. The highest BCUT2D eigenvalue weighted by Gasteiger charge is 2.28. The van der Waals surface area contributed by atoms with E-state index in [9.17, 15) is 9.00 Å². The average Bonchev–Trinajstić information content (AvgIpc) is 2.93. The molecule has 0 saturated carbocycles. The lowest BCUT2D eigenvalue weighted by molar-refractivity contribution is -0.129. The lowest BCUT2D eigenvalue weighted by atomic mass is 10.2. The van der Waals surface area contributed by atoms with Gasteiger partial charge in [-0.2, -0.15) is 0 Å². The number of hydrogen-bond acceptors (Lipinski definition) is 3. The number of carbonyl (C=O) groups excluding carboxylic acids is 1. The lowest BCUT2D eigenvalue weighted by Crippen LogP contribution is -2.37. The summed E-state index contributed by atoms with van der Waals surface area (Å²) in [6, 6.07) is 5.43. The summed E-state index contributed by atoms with van der Waals surface area (Å²) in [6.45, 7) is 5.21. The second-order valence-electron chi connectivity index (χ2n) is 5.01. The number of nitrogens with zero attached hydrogens (tertiary/aromatic N) is 1. The van der Waals surface area contributed by atoms with Crippen LogP contribution in [0.2, 0.25) is 0 Å². The number of aryl methyl sites for hydroxylation is 1. The molecule has 5 heteroatoms. The first kappa shape index (κ1) is 14.1. The SMILES string of the molecule is Cc1ccc(N)c(S(=O)C(C)C(=O)N2CCCC2)c1. The van der Waals surface area contributed by atoms with Gasteiger partial charge < -0.3 is 10.6 Å². The maximum atomic E-state index is 12.5. The van der Waals surface area contributed by atoms with Gasteiger partial charge in [0.15, 0.2) is 0 Å². The number of benzene rings is 1. The van der Waals surface area contributed by atoms with Gasteiger partial charge >= 0.3 is 0 Å². The van der Waals surface area contributed by atoms with Gasteiger partial charge in [0.05, 0.1) is 15.7 Å². The molecule has 0 radical (unpaired) electrons. The zero-order chi connectivity index (χ0) is 14.0. The highest BCUT2D eigenvalue weighted by Crippen LogP contribution is 2.22. The molecule has 4 nitrogen and oxygen atoms in total. The van der Waals surface area contributed by atoms with Crippen molar-refractivity contribution in [1.82, 2.24) is 4.90 Å². The van der Waals surface area contributed by atoms with Crippen LogP contribution in [0.1, 0.15) is 25.3 Å². The number of hydrogen-bond donors (Lipinski definition) is 1. The van der Waals surface area contributed by atoms with Crippen LogP contribution in [0, 0.1) is 6.92 Å². The van der Waals surface area contributed by atoms with Gasteiger partial charge in [0.2, 0.25) is 5.91 Å². The van der Waals surface area contributed by atoms with E-state index in [-0.39, 0.29) is 5.91 Å². The molecular formula is C14H20N2O2S. The summed E-state index contributed by atoms with van der Waals surface area (Å²) >= 11 is 0. The average molecular weight is 280 g/mol. The number of rotatable bonds is 3. The Kier molecular flexibility index (Phi) is 4.24. The number of likely N-dealkylation sites (tertiary alicyclic amines) is 1. The Bertz CT molecular complexity index is 510. The van der Waals surface area contributed by atoms with E-state index in [1.165, 1.54) is 0 Å². The first-order valence-electron chi connectivity index (χ1n) is 6.56. The van der Waals surface area contributed by atoms with Crippen LogP contribution in [0.15, 0.2) is 23.1 Å². The van der Waals surface area contributed by atoms with Gasteiger partial charge in [-0.05, 0) is 44.4 Å². The van der Waals surface area contributed by atoms with E-state index < -0.39 is 16.0 Å². The molecule has 19 heavy (non-hydrogen) atoms. The van der Waals surface area contributed by atoms with Crippen molar-refractivity contribution in [3.63, 3.8) is 0 Å². The van der Waals surface area contributed by atoms with Gasteiger partial charge in [0, 0.05) is 18.8 Å². The van der Waals surface area contributed by atoms with E-state index in [1.807, 2.05) is 13.0 Å². The van der Waals surface area contributed by atoms with Gasteiger partial charge in [-0.3, -0.25) is 9.00 Å². The smallest absolute Gasteiger partial charge is 0.238 e. The normalized spacial score (nSPS) is 18.3. The number of anilines is 1. The van der Waals surface area contributed by atoms with Gasteiger partial charge in [-0.1, -0.05) is 6.07 Å². The Hall–Kier alpha value is -1.36. The number of nitrogens with two attached hydrogens (primary N) is 1. The van der Waals surface area contributed by atoms with E-state index in [2.05, 4.69) is 0 Å². The zero-order valence-corrected chi connectivity index (χ0v) is 12.2. The molecule has 0 aromatic heterocycles. The molecule has 104 valence electrons. The molecule has 1 aromatic carbocycles. The van der Waals surface area contributed by atoms with E-state index >= 15 is 0 Å². The minimum absolute atomic E-state index is 0.0308. The van der Waals surface area contributed by atoms with Crippen LogP contribution >= 0.6 is 0 Å². The quantitative estimate of drug-likeness (QED) is 0.857. The van der Waals surface area contributed by atoms with Crippen LogP contribution < -0.4 is 5.73 Å². The van der Waals surface area contributed by atoms with Crippen molar-refractivity contribution in [2.45, 2.75) is 36.8 Å². The second-order valence-corrected chi connectivity index (χ2v) is 6.76. The monoisotopic (exact) mass is 280 g/mol. The van der Waals surface area contributed by atoms with Gasteiger partial charge in [0.25, 0.3) is 0 Å². The highest BCUT2D eigenvalue weighted by molar-refractivity contribution is 7.86. The molecule has 2 N–H and O–H groups in total. The summed E-state index contributed by atoms with van der Waals surface area (Å²) in [4.78, 5) is 14.6. The van der Waals surface area contributed by atoms with Crippen LogP contribution in [0.4, 0.5) is 5.69 Å². The maximum absolute atomic E-state index is 12.5. The Morgan fingerprint density at radius 3 is 2.63 bits per heavy atom. The zero-order valence-electron chi connectivity index (χ0n) is 11.4. The fraction of sp³-hybridized carbons (Fsp3) is 0.500. The molecule has 2 rings (SSSR count). The van der Waals surface area contributed by atoms with Crippen LogP contribution in [-0.2, 0) is 15.6 Å². The Labute approximate surface area is 116 Å². The summed E-state index contributed by atoms with van der Waals surface area (Å²) in [7, 11) is -1.39. The molecule has 1 amide bonds. The predicted molar refractivity (Wildman–Crippen MR) is 77.3 cm³/mol. The fourth-order valence-electron chi connectivity index (χ4n) is 2.29. The van der Waals surface area contributed by atoms with Gasteiger partial charge in [0.1, 0.15) is 5.25 Å². The van der Waals surface area contributed by atoms with E-state index in [1.54, 1.807) is 24.0 Å². The molecule has 1 fully saturated rings. The van der Waals surface area contributed by atoms with E-state index in [4.69, 9.17) is 5.73 Å². The molecule has 0 spiro atoms. The minimum Gasteiger partial charge on any atom is -0.398 e. The third-order valence-corrected chi connectivity index (χ3v) is 5.10. The maximum Gasteiger partial charge on any atom is 0.238 e. The van der Waals surface area contributed by atoms with Crippen LogP contribution in [0.25, 0.3) is 0 Å². The first-order valence-corrected chi connectivity index (χ1v) is 7.77. The number of amides is 1. The van der Waals surface area contributed by atoms with E-state index in [0.29, 0.717) is 10.6 Å². The molecule has 1 aromatic rings. The van der Waals surface area contributed by atoms with Gasteiger partial charge in [-0.15, -0.1) is 0 Å². The van der Waals surface area contributed by atoms with Crippen molar-refractivity contribution in [3.05, 3.63) is 23.8 Å². The lowest BCUT2D eigenvalue weighted by Gasteiger charge is -2.20. The van der Waals surface area contributed by atoms with Crippen molar-refractivity contribution in [1.29, 1.82) is 0 Å². The topological polar surface area (TPSA) is 63.4 Å². The highest BCUT2D eigenvalue weighted by atomic mass is 32.2. The van der Waals surface area contributed by atoms with Crippen molar-refractivity contribution in [2.24, 2.45) is 0 Å². The van der Waals surface area contributed by atoms with Gasteiger partial charge in [-0.25, -0.2) is 0 Å². The molecule has 0 aliphatic carbocycles. The van der Waals surface area contributed by atoms with Crippen molar-refractivity contribution < 1.29 is 9.00 Å². The Morgan fingerprint density at radius 1 is 1.37 bits per heavy atom. The molecule has 1 saturated heterocycles. The first-order chi connectivity index (χ1) is 9.00. The third kappa shape index (κ3) is 2.97. The minimum atomic E-state index is -1.39. The molecule has 0 bridgehead atoms. The number of nitrogen functional groups attached to an aromatic ring is 1. The van der Waals surface area contributed by atoms with Crippen LogP contribution in [0.5, 0.6) is 0 Å². The predicted octanol–water partition coefficient (Wildman–Crippen LogP) is 1.70.